The van der Waals surface area contributed by atoms with Crippen LogP contribution >= 0.6 is 0 Å². The maximum Gasteiger partial charge on any atom is 0.255 e. The highest BCUT2D eigenvalue weighted by Gasteiger charge is 2.14. The molecule has 0 atom stereocenters. The number of aryl methyl sites for hydroxylation is 2. The molecule has 3 rings (SSSR count). The SMILES string of the molecule is Cc1ccc(C(=O)Nc2ccc(C)cc2C2=NCCCN2)cc1. The number of nitrogens with zero attached hydrogens (tertiary/aromatic N) is 1. The van der Waals surface area contributed by atoms with E-state index in [0.717, 1.165) is 47.7 Å². The Hall–Kier alpha value is -2.62. The minimum atomic E-state index is -0.105. The number of amidine groups is 1. The molecule has 1 aliphatic heterocycles. The number of benzene rings is 2. The zero-order valence-electron chi connectivity index (χ0n) is 13.5. The molecule has 2 aromatic carbocycles. The van der Waals surface area contributed by atoms with Gasteiger partial charge in [0, 0.05) is 24.2 Å². The summed E-state index contributed by atoms with van der Waals surface area (Å²) in [4.78, 5) is 17.0. The summed E-state index contributed by atoms with van der Waals surface area (Å²) >= 11 is 0. The number of hydrogen-bond donors (Lipinski definition) is 2. The average Bonchev–Trinajstić information content (AvgIpc) is 2.58. The minimum Gasteiger partial charge on any atom is -0.370 e. The molecule has 1 amide bonds. The van der Waals surface area contributed by atoms with E-state index in [2.05, 4.69) is 21.7 Å². The van der Waals surface area contributed by atoms with E-state index < -0.39 is 0 Å². The standard InChI is InChI=1S/C19H21N3O/c1-13-4-7-15(8-5-13)19(23)22-17-9-6-14(2)12-16(17)18-20-10-3-11-21-18/h4-9,12H,3,10-11H2,1-2H3,(H,20,21)(H,22,23). The fraction of sp³-hybridized carbons (Fsp3) is 0.263. The van der Waals surface area contributed by atoms with Gasteiger partial charge in [0.1, 0.15) is 5.84 Å². The Balaban J connectivity index is 1.89. The molecule has 0 aliphatic carbocycles. The van der Waals surface area contributed by atoms with E-state index in [9.17, 15) is 4.79 Å². The molecule has 118 valence electrons. The van der Waals surface area contributed by atoms with Crippen LogP contribution in [0, 0.1) is 13.8 Å². The van der Waals surface area contributed by atoms with Crippen molar-refractivity contribution in [1.29, 1.82) is 0 Å². The lowest BCUT2D eigenvalue weighted by atomic mass is 10.1. The molecule has 1 aliphatic rings. The summed E-state index contributed by atoms with van der Waals surface area (Å²) in [5.74, 6) is 0.755. The van der Waals surface area contributed by atoms with E-state index in [0.29, 0.717) is 5.56 Å². The van der Waals surface area contributed by atoms with Crippen LogP contribution in [0.3, 0.4) is 0 Å². The van der Waals surface area contributed by atoms with Gasteiger partial charge in [-0.15, -0.1) is 0 Å². The first-order valence-corrected chi connectivity index (χ1v) is 7.91. The molecule has 0 saturated heterocycles. The summed E-state index contributed by atoms with van der Waals surface area (Å²) in [6.07, 6.45) is 1.04. The van der Waals surface area contributed by atoms with Crippen molar-refractivity contribution in [3.63, 3.8) is 0 Å². The third-order valence-electron chi connectivity index (χ3n) is 3.89. The van der Waals surface area contributed by atoms with Crippen molar-refractivity contribution in [1.82, 2.24) is 5.32 Å². The lowest BCUT2D eigenvalue weighted by Crippen LogP contribution is -2.31. The van der Waals surface area contributed by atoms with Gasteiger partial charge in [0.2, 0.25) is 0 Å². The molecular weight excluding hydrogens is 286 g/mol. The summed E-state index contributed by atoms with van der Waals surface area (Å²) in [6, 6.07) is 13.6. The van der Waals surface area contributed by atoms with Gasteiger partial charge in [-0.2, -0.15) is 0 Å². The summed E-state index contributed by atoms with van der Waals surface area (Å²) in [6.45, 7) is 5.78. The van der Waals surface area contributed by atoms with Gasteiger partial charge < -0.3 is 10.6 Å². The molecule has 4 nitrogen and oxygen atoms in total. The van der Waals surface area contributed by atoms with Crippen molar-refractivity contribution in [2.24, 2.45) is 4.99 Å². The molecule has 0 bridgehead atoms. The van der Waals surface area contributed by atoms with E-state index >= 15 is 0 Å². The zero-order chi connectivity index (χ0) is 16.2. The molecule has 0 fully saturated rings. The van der Waals surface area contributed by atoms with Crippen molar-refractivity contribution in [3.8, 4) is 0 Å². The number of carbonyl (C=O) groups excluding carboxylic acids is 1. The van der Waals surface area contributed by atoms with Gasteiger partial charge in [-0.3, -0.25) is 9.79 Å². The van der Waals surface area contributed by atoms with Gasteiger partial charge in [0.05, 0.1) is 5.69 Å². The third kappa shape index (κ3) is 3.59. The highest BCUT2D eigenvalue weighted by molar-refractivity contribution is 6.10. The zero-order valence-corrected chi connectivity index (χ0v) is 13.5. The molecule has 2 N–H and O–H groups in total. The van der Waals surface area contributed by atoms with E-state index in [1.165, 1.54) is 0 Å². The van der Waals surface area contributed by atoms with E-state index in [4.69, 9.17) is 0 Å². The summed E-state index contributed by atoms with van der Waals surface area (Å²) in [5, 5.41) is 6.33. The number of carbonyl (C=O) groups is 1. The quantitative estimate of drug-likeness (QED) is 0.914. The first kappa shape index (κ1) is 15.3. The van der Waals surface area contributed by atoms with Crippen LogP contribution < -0.4 is 10.6 Å². The van der Waals surface area contributed by atoms with Gasteiger partial charge >= 0.3 is 0 Å². The fourth-order valence-corrected chi connectivity index (χ4v) is 2.58. The maximum atomic E-state index is 12.5. The van der Waals surface area contributed by atoms with E-state index in [1.807, 2.05) is 50.2 Å². The van der Waals surface area contributed by atoms with Crippen molar-refractivity contribution in [2.45, 2.75) is 20.3 Å². The molecular formula is C19H21N3O. The summed E-state index contributed by atoms with van der Waals surface area (Å²) in [5.41, 5.74) is 4.67. The van der Waals surface area contributed by atoms with E-state index in [1.54, 1.807) is 0 Å². The van der Waals surface area contributed by atoms with Crippen LogP contribution in [0.25, 0.3) is 0 Å². The van der Waals surface area contributed by atoms with Crippen LogP contribution in [0.1, 0.15) is 33.5 Å². The van der Waals surface area contributed by atoms with Crippen molar-refractivity contribution in [3.05, 3.63) is 64.7 Å². The second-order valence-corrected chi connectivity index (χ2v) is 5.88. The molecule has 1 heterocycles. The molecule has 0 radical (unpaired) electrons. The van der Waals surface area contributed by atoms with Crippen molar-refractivity contribution in [2.75, 3.05) is 18.4 Å². The summed E-state index contributed by atoms with van der Waals surface area (Å²) < 4.78 is 0. The van der Waals surface area contributed by atoms with Gasteiger partial charge in [0.15, 0.2) is 0 Å². The first-order chi connectivity index (χ1) is 11.1. The van der Waals surface area contributed by atoms with Crippen LogP contribution in [-0.4, -0.2) is 24.8 Å². The Bertz CT molecular complexity index is 748. The normalized spacial score (nSPS) is 13.9. The summed E-state index contributed by atoms with van der Waals surface area (Å²) in [7, 11) is 0. The molecule has 0 spiro atoms. The van der Waals surface area contributed by atoms with Crippen LogP contribution in [0.5, 0.6) is 0 Å². The topological polar surface area (TPSA) is 53.5 Å². The Kier molecular flexibility index (Phi) is 4.42. The molecule has 0 aromatic heterocycles. The highest BCUT2D eigenvalue weighted by Crippen LogP contribution is 2.20. The van der Waals surface area contributed by atoms with Gasteiger partial charge in [-0.05, 0) is 44.5 Å². The number of hydrogen-bond acceptors (Lipinski definition) is 3. The number of rotatable bonds is 3. The van der Waals surface area contributed by atoms with E-state index in [-0.39, 0.29) is 5.91 Å². The monoisotopic (exact) mass is 307 g/mol. The second kappa shape index (κ2) is 6.65. The molecule has 0 saturated carbocycles. The Morgan fingerprint density at radius 3 is 2.52 bits per heavy atom. The average molecular weight is 307 g/mol. The second-order valence-electron chi connectivity index (χ2n) is 5.88. The largest absolute Gasteiger partial charge is 0.370 e. The van der Waals surface area contributed by atoms with Crippen molar-refractivity contribution >= 4 is 17.4 Å². The lowest BCUT2D eigenvalue weighted by molar-refractivity contribution is 0.102. The van der Waals surface area contributed by atoms with Crippen LogP contribution in [0.2, 0.25) is 0 Å². The van der Waals surface area contributed by atoms with Gasteiger partial charge in [-0.25, -0.2) is 0 Å². The van der Waals surface area contributed by atoms with Crippen LogP contribution in [0.4, 0.5) is 5.69 Å². The maximum absolute atomic E-state index is 12.5. The minimum absolute atomic E-state index is 0.105. The van der Waals surface area contributed by atoms with Crippen LogP contribution in [0.15, 0.2) is 47.5 Å². The Morgan fingerprint density at radius 1 is 1.09 bits per heavy atom. The molecule has 4 heteroatoms. The number of anilines is 1. The van der Waals surface area contributed by atoms with Crippen molar-refractivity contribution < 1.29 is 4.79 Å². The first-order valence-electron chi connectivity index (χ1n) is 7.91. The molecule has 23 heavy (non-hydrogen) atoms. The Labute approximate surface area is 136 Å². The number of amides is 1. The van der Waals surface area contributed by atoms with Crippen LogP contribution in [-0.2, 0) is 0 Å². The lowest BCUT2D eigenvalue weighted by Gasteiger charge is -2.18. The molecule has 0 unspecified atom stereocenters. The smallest absolute Gasteiger partial charge is 0.255 e. The third-order valence-corrected chi connectivity index (χ3v) is 3.89. The highest BCUT2D eigenvalue weighted by atomic mass is 16.1. The predicted octanol–water partition coefficient (Wildman–Crippen LogP) is 3.30. The van der Waals surface area contributed by atoms with Gasteiger partial charge in [-0.1, -0.05) is 29.3 Å². The number of aliphatic imine (C=N–C) groups is 1. The molecule has 2 aromatic rings. The fourth-order valence-electron chi connectivity index (χ4n) is 2.58. The Morgan fingerprint density at radius 2 is 1.83 bits per heavy atom. The number of nitrogens with one attached hydrogen (secondary N) is 2. The van der Waals surface area contributed by atoms with Gasteiger partial charge in [0.25, 0.3) is 5.91 Å². The predicted molar refractivity (Wildman–Crippen MR) is 94.3 cm³/mol.